The molecule has 0 radical (unpaired) electrons. The van der Waals surface area contributed by atoms with Crippen molar-refractivity contribution in [1.82, 2.24) is 9.78 Å². The summed E-state index contributed by atoms with van der Waals surface area (Å²) in [5, 5.41) is 25.8. The van der Waals surface area contributed by atoms with Crippen LogP contribution < -0.4 is 10.9 Å². The Kier molecular flexibility index (Phi) is 5.49. The Morgan fingerprint density at radius 2 is 2.05 bits per heavy atom. The van der Waals surface area contributed by atoms with Crippen molar-refractivity contribution in [1.29, 1.82) is 0 Å². The number of nitrogens with one attached hydrogen (secondary N) is 1. The van der Waals surface area contributed by atoms with Crippen LogP contribution in [0, 0.1) is 0 Å². The number of nitrogens with zero attached hydrogens (tertiary/aromatic N) is 2. The summed E-state index contributed by atoms with van der Waals surface area (Å²) < 4.78 is 1.49. The van der Waals surface area contributed by atoms with Gasteiger partial charge in [0.1, 0.15) is 4.47 Å². The lowest BCUT2D eigenvalue weighted by molar-refractivity contribution is 0.191. The van der Waals surface area contributed by atoms with Crippen molar-refractivity contribution in [3.05, 3.63) is 56.9 Å². The van der Waals surface area contributed by atoms with Crippen LogP contribution in [0.15, 0.2) is 45.8 Å². The number of aliphatic hydroxyl groups excluding tert-OH is 2. The number of anilines is 1. The summed E-state index contributed by atoms with van der Waals surface area (Å²) in [6, 6.07) is 9.25. The number of rotatable bonds is 6. The van der Waals surface area contributed by atoms with Crippen LogP contribution in [0.4, 0.5) is 5.69 Å². The van der Waals surface area contributed by atoms with Crippen molar-refractivity contribution < 1.29 is 10.2 Å². The van der Waals surface area contributed by atoms with Gasteiger partial charge in [-0.1, -0.05) is 30.3 Å². The van der Waals surface area contributed by atoms with Gasteiger partial charge in [-0.15, -0.1) is 0 Å². The van der Waals surface area contributed by atoms with Gasteiger partial charge in [0.15, 0.2) is 0 Å². The largest absolute Gasteiger partial charge is 0.394 e. The molecule has 21 heavy (non-hydrogen) atoms. The van der Waals surface area contributed by atoms with Crippen molar-refractivity contribution in [3.8, 4) is 0 Å². The van der Waals surface area contributed by atoms with Gasteiger partial charge in [0.05, 0.1) is 31.1 Å². The summed E-state index contributed by atoms with van der Waals surface area (Å²) >= 11 is 3.21. The summed E-state index contributed by atoms with van der Waals surface area (Å²) in [6.07, 6.45) is 0.803. The molecular formula is C14H16BrN3O3. The van der Waals surface area contributed by atoms with E-state index in [0.717, 1.165) is 5.56 Å². The summed E-state index contributed by atoms with van der Waals surface area (Å²) in [5.74, 6) is 0. The topological polar surface area (TPSA) is 87.4 Å². The summed E-state index contributed by atoms with van der Waals surface area (Å²) in [7, 11) is 0. The van der Waals surface area contributed by atoms with Crippen LogP contribution in [0.2, 0.25) is 0 Å². The number of hydrogen-bond donors (Lipinski definition) is 3. The van der Waals surface area contributed by atoms with Gasteiger partial charge in [0.25, 0.3) is 5.56 Å². The third-order valence-corrected chi connectivity index (χ3v) is 3.73. The Hall–Kier alpha value is -1.70. The smallest absolute Gasteiger partial charge is 0.283 e. The summed E-state index contributed by atoms with van der Waals surface area (Å²) in [5.41, 5.74) is 0.968. The maximum absolute atomic E-state index is 11.9. The molecule has 0 saturated heterocycles. The molecule has 0 aliphatic carbocycles. The van der Waals surface area contributed by atoms with Gasteiger partial charge in [-0.3, -0.25) is 4.79 Å². The zero-order chi connectivity index (χ0) is 15.2. The predicted molar refractivity (Wildman–Crippen MR) is 83.2 cm³/mol. The first-order valence-corrected chi connectivity index (χ1v) is 7.26. The van der Waals surface area contributed by atoms with E-state index >= 15 is 0 Å². The van der Waals surface area contributed by atoms with E-state index < -0.39 is 6.10 Å². The van der Waals surface area contributed by atoms with Gasteiger partial charge in [0.2, 0.25) is 0 Å². The molecule has 112 valence electrons. The minimum absolute atomic E-state index is 0.143. The number of benzene rings is 1. The van der Waals surface area contributed by atoms with E-state index in [1.165, 1.54) is 10.9 Å². The van der Waals surface area contributed by atoms with E-state index in [0.29, 0.717) is 10.2 Å². The first-order valence-electron chi connectivity index (χ1n) is 6.47. The highest BCUT2D eigenvalue weighted by atomic mass is 79.9. The van der Waals surface area contributed by atoms with Crippen LogP contribution in [-0.4, -0.2) is 33.1 Å². The monoisotopic (exact) mass is 353 g/mol. The van der Waals surface area contributed by atoms with Crippen LogP contribution in [0.5, 0.6) is 0 Å². The van der Waals surface area contributed by atoms with Crippen LogP contribution in [-0.2, 0) is 6.54 Å². The van der Waals surface area contributed by atoms with Crippen LogP contribution in [0.1, 0.15) is 11.7 Å². The Bertz CT molecular complexity index is 646. The van der Waals surface area contributed by atoms with E-state index in [9.17, 15) is 9.90 Å². The van der Waals surface area contributed by atoms with Gasteiger partial charge >= 0.3 is 0 Å². The molecule has 1 aromatic carbocycles. The van der Waals surface area contributed by atoms with Crippen molar-refractivity contribution >= 4 is 21.6 Å². The van der Waals surface area contributed by atoms with Gasteiger partial charge < -0.3 is 15.5 Å². The van der Waals surface area contributed by atoms with Crippen molar-refractivity contribution in [2.75, 3.05) is 18.5 Å². The fourth-order valence-corrected chi connectivity index (χ4v) is 2.29. The second-order valence-electron chi connectivity index (χ2n) is 4.43. The molecule has 2 aromatic rings. The molecule has 1 heterocycles. The van der Waals surface area contributed by atoms with Crippen molar-refractivity contribution in [2.45, 2.75) is 12.6 Å². The molecule has 0 bridgehead atoms. The van der Waals surface area contributed by atoms with E-state index in [4.69, 9.17) is 5.11 Å². The highest BCUT2D eigenvalue weighted by Crippen LogP contribution is 2.18. The molecular weight excluding hydrogens is 338 g/mol. The molecule has 7 heteroatoms. The lowest BCUT2D eigenvalue weighted by Gasteiger charge is -2.14. The standard InChI is InChI=1S/C14H16BrN3O3/c15-13-11(8-17-18(6-7-19)14(13)21)16-9-12(20)10-4-2-1-3-5-10/h1-5,8,12,16,19-20H,6-7,9H2. The lowest BCUT2D eigenvalue weighted by Crippen LogP contribution is -2.26. The average molecular weight is 354 g/mol. The Morgan fingerprint density at radius 1 is 1.33 bits per heavy atom. The van der Waals surface area contributed by atoms with Crippen molar-refractivity contribution in [3.63, 3.8) is 0 Å². The first-order chi connectivity index (χ1) is 10.1. The highest BCUT2D eigenvalue weighted by molar-refractivity contribution is 9.10. The van der Waals surface area contributed by atoms with Gasteiger partial charge in [-0.2, -0.15) is 5.10 Å². The third kappa shape index (κ3) is 3.90. The maximum atomic E-state index is 11.9. The summed E-state index contributed by atoms with van der Waals surface area (Å²) in [6.45, 7) is 0.247. The average Bonchev–Trinajstić information content (AvgIpc) is 2.52. The first kappa shape index (κ1) is 15.7. The second-order valence-corrected chi connectivity index (χ2v) is 5.22. The van der Waals surface area contributed by atoms with Crippen LogP contribution in [0.25, 0.3) is 0 Å². The molecule has 0 aliphatic heterocycles. The Balaban J connectivity index is 2.07. The Labute approximate surface area is 130 Å². The molecule has 2 rings (SSSR count). The minimum atomic E-state index is -0.682. The highest BCUT2D eigenvalue weighted by Gasteiger charge is 2.11. The molecule has 6 nitrogen and oxygen atoms in total. The number of aliphatic hydroxyl groups is 2. The van der Waals surface area contributed by atoms with E-state index in [1.54, 1.807) is 0 Å². The van der Waals surface area contributed by atoms with Gasteiger partial charge in [0, 0.05) is 6.54 Å². The number of halogens is 1. The predicted octanol–water partition coefficient (Wildman–Crippen LogP) is 1.14. The quantitative estimate of drug-likeness (QED) is 0.724. The molecule has 1 atom stereocenters. The number of aromatic nitrogens is 2. The maximum Gasteiger partial charge on any atom is 0.283 e. The lowest BCUT2D eigenvalue weighted by atomic mass is 10.1. The van der Waals surface area contributed by atoms with Crippen molar-refractivity contribution in [2.24, 2.45) is 0 Å². The second kappa shape index (κ2) is 7.35. The molecule has 0 spiro atoms. The fourth-order valence-electron chi connectivity index (χ4n) is 1.84. The fraction of sp³-hybridized carbons (Fsp3) is 0.286. The molecule has 0 amide bonds. The molecule has 3 N–H and O–H groups in total. The minimum Gasteiger partial charge on any atom is -0.394 e. The van der Waals surface area contributed by atoms with E-state index in [-0.39, 0.29) is 25.3 Å². The van der Waals surface area contributed by atoms with Gasteiger partial charge in [-0.25, -0.2) is 4.68 Å². The zero-order valence-electron chi connectivity index (χ0n) is 11.2. The molecule has 0 aliphatic rings. The van der Waals surface area contributed by atoms with E-state index in [2.05, 4.69) is 26.3 Å². The number of hydrogen-bond acceptors (Lipinski definition) is 5. The SMILES string of the molecule is O=c1c(Br)c(NCC(O)c2ccccc2)cnn1CCO. The normalized spacial score (nSPS) is 12.1. The van der Waals surface area contributed by atoms with Gasteiger partial charge in [-0.05, 0) is 21.5 Å². The molecule has 1 aromatic heterocycles. The van der Waals surface area contributed by atoms with Crippen LogP contribution >= 0.6 is 15.9 Å². The van der Waals surface area contributed by atoms with Crippen LogP contribution in [0.3, 0.4) is 0 Å². The Morgan fingerprint density at radius 3 is 2.71 bits per heavy atom. The zero-order valence-corrected chi connectivity index (χ0v) is 12.8. The summed E-state index contributed by atoms with van der Waals surface area (Å²) in [4.78, 5) is 11.9. The van der Waals surface area contributed by atoms with E-state index in [1.807, 2.05) is 30.3 Å². The molecule has 1 unspecified atom stereocenters. The molecule has 0 saturated carbocycles. The molecule has 0 fully saturated rings. The third-order valence-electron chi connectivity index (χ3n) is 2.97.